The second kappa shape index (κ2) is 4.05. The molecule has 2 heterocycles. The van der Waals surface area contributed by atoms with E-state index in [9.17, 15) is 0 Å². The van der Waals surface area contributed by atoms with Crippen LogP contribution >= 0.6 is 27.3 Å². The maximum atomic E-state index is 4.19. The molecule has 7 heteroatoms. The van der Waals surface area contributed by atoms with Gasteiger partial charge in [-0.1, -0.05) is 0 Å². The number of aryl methyl sites for hydroxylation is 1. The molecule has 0 bridgehead atoms. The number of anilines is 1. The number of hydrogen-bond donors (Lipinski definition) is 1. The Kier molecular flexibility index (Phi) is 2.78. The van der Waals surface area contributed by atoms with Gasteiger partial charge in [0.05, 0.1) is 6.54 Å². The van der Waals surface area contributed by atoms with E-state index in [1.54, 1.807) is 22.3 Å². The fourth-order valence-electron chi connectivity index (χ4n) is 0.955. The maximum absolute atomic E-state index is 4.19. The molecule has 2 aromatic heterocycles. The third-order valence-electron chi connectivity index (χ3n) is 1.52. The summed E-state index contributed by atoms with van der Waals surface area (Å²) in [5.41, 5.74) is 0. The Balaban J connectivity index is 1.94. The zero-order valence-corrected chi connectivity index (χ0v) is 9.84. The van der Waals surface area contributed by atoms with E-state index in [1.165, 1.54) is 0 Å². The molecule has 5 nitrogen and oxygen atoms in total. The number of halogens is 1. The van der Waals surface area contributed by atoms with Crippen LogP contribution in [0, 0.1) is 0 Å². The molecule has 0 unspecified atom stereocenters. The molecule has 0 atom stereocenters. The normalized spacial score (nSPS) is 10.4. The van der Waals surface area contributed by atoms with Crippen molar-refractivity contribution in [3.63, 3.8) is 0 Å². The summed E-state index contributed by atoms with van der Waals surface area (Å²) in [4.78, 5) is 8.29. The Hall–Kier alpha value is -0.950. The molecule has 74 valence electrons. The van der Waals surface area contributed by atoms with Crippen molar-refractivity contribution < 1.29 is 0 Å². The number of aromatic nitrogens is 4. The SMILES string of the molecule is Cn1cnc(CNc2nc(Br)cs2)n1. The Morgan fingerprint density at radius 1 is 1.64 bits per heavy atom. The summed E-state index contributed by atoms with van der Waals surface area (Å²) in [6.07, 6.45) is 1.68. The van der Waals surface area contributed by atoms with Crippen LogP contribution < -0.4 is 5.32 Å². The maximum Gasteiger partial charge on any atom is 0.184 e. The monoisotopic (exact) mass is 273 g/mol. The van der Waals surface area contributed by atoms with E-state index in [4.69, 9.17) is 0 Å². The standard InChI is InChI=1S/C7H8BrN5S/c1-13-4-10-6(12-13)2-9-7-11-5(8)3-14-7/h3-4H,2H2,1H3,(H,9,11). The third kappa shape index (κ3) is 2.30. The van der Waals surface area contributed by atoms with Crippen molar-refractivity contribution in [2.24, 2.45) is 7.05 Å². The van der Waals surface area contributed by atoms with Crippen LogP contribution in [-0.2, 0) is 13.6 Å². The van der Waals surface area contributed by atoms with Gasteiger partial charge in [0.15, 0.2) is 11.0 Å². The van der Waals surface area contributed by atoms with Gasteiger partial charge in [0.2, 0.25) is 0 Å². The molecule has 0 saturated heterocycles. The number of nitrogens with zero attached hydrogens (tertiary/aromatic N) is 4. The minimum atomic E-state index is 0.598. The van der Waals surface area contributed by atoms with Crippen molar-refractivity contribution in [1.82, 2.24) is 19.7 Å². The number of thiazole rings is 1. The molecule has 14 heavy (non-hydrogen) atoms. The third-order valence-corrected chi connectivity index (χ3v) is 3.03. The second-order valence-electron chi connectivity index (χ2n) is 2.66. The van der Waals surface area contributed by atoms with Crippen molar-refractivity contribution in [3.8, 4) is 0 Å². The zero-order valence-electron chi connectivity index (χ0n) is 7.44. The zero-order chi connectivity index (χ0) is 9.97. The summed E-state index contributed by atoms with van der Waals surface area (Å²) in [6, 6.07) is 0. The summed E-state index contributed by atoms with van der Waals surface area (Å²) < 4.78 is 2.52. The quantitative estimate of drug-likeness (QED) is 0.924. The number of rotatable bonds is 3. The van der Waals surface area contributed by atoms with Gasteiger partial charge in [0, 0.05) is 12.4 Å². The van der Waals surface area contributed by atoms with Gasteiger partial charge < -0.3 is 5.32 Å². The van der Waals surface area contributed by atoms with Gasteiger partial charge in [-0.05, 0) is 15.9 Å². The average Bonchev–Trinajstić information content (AvgIpc) is 2.72. The highest BCUT2D eigenvalue weighted by atomic mass is 79.9. The van der Waals surface area contributed by atoms with E-state index in [-0.39, 0.29) is 0 Å². The molecule has 0 radical (unpaired) electrons. The molecule has 0 aromatic carbocycles. The lowest BCUT2D eigenvalue weighted by molar-refractivity contribution is 0.747. The smallest absolute Gasteiger partial charge is 0.184 e. The molecule has 0 fully saturated rings. The van der Waals surface area contributed by atoms with E-state index in [1.807, 2.05) is 12.4 Å². The molecular weight excluding hydrogens is 266 g/mol. The molecule has 0 amide bonds. The topological polar surface area (TPSA) is 55.6 Å². The molecular formula is C7H8BrN5S. The first-order valence-corrected chi connectivity index (χ1v) is 5.61. The highest BCUT2D eigenvalue weighted by Crippen LogP contribution is 2.19. The van der Waals surface area contributed by atoms with Gasteiger partial charge in [-0.15, -0.1) is 11.3 Å². The number of nitrogens with one attached hydrogen (secondary N) is 1. The van der Waals surface area contributed by atoms with Crippen molar-refractivity contribution in [2.75, 3.05) is 5.32 Å². The Bertz CT molecular complexity index is 383. The second-order valence-corrected chi connectivity index (χ2v) is 4.33. The van der Waals surface area contributed by atoms with Crippen LogP contribution in [0.15, 0.2) is 16.3 Å². The minimum Gasteiger partial charge on any atom is -0.354 e. The van der Waals surface area contributed by atoms with E-state index >= 15 is 0 Å². The first-order chi connectivity index (χ1) is 6.74. The lowest BCUT2D eigenvalue weighted by Crippen LogP contribution is -2.01. The first-order valence-electron chi connectivity index (χ1n) is 3.93. The van der Waals surface area contributed by atoms with Crippen LogP contribution in [0.5, 0.6) is 0 Å². The van der Waals surface area contributed by atoms with Crippen LogP contribution in [0.1, 0.15) is 5.82 Å². The summed E-state index contributed by atoms with van der Waals surface area (Å²) in [6.45, 7) is 0.598. The summed E-state index contributed by atoms with van der Waals surface area (Å²) in [5.74, 6) is 0.763. The van der Waals surface area contributed by atoms with Crippen LogP contribution in [-0.4, -0.2) is 19.7 Å². The Morgan fingerprint density at radius 2 is 2.50 bits per heavy atom. The van der Waals surface area contributed by atoms with E-state index in [2.05, 4.69) is 36.3 Å². The highest BCUT2D eigenvalue weighted by Gasteiger charge is 2.01. The first kappa shape index (κ1) is 9.60. The van der Waals surface area contributed by atoms with Crippen molar-refractivity contribution in [2.45, 2.75) is 6.54 Å². The van der Waals surface area contributed by atoms with Crippen molar-refractivity contribution in [3.05, 3.63) is 22.1 Å². The van der Waals surface area contributed by atoms with Crippen LogP contribution in [0.2, 0.25) is 0 Å². The predicted octanol–water partition coefficient (Wildman–Crippen LogP) is 1.65. The molecule has 0 spiro atoms. The van der Waals surface area contributed by atoms with Crippen LogP contribution in [0.3, 0.4) is 0 Å². The van der Waals surface area contributed by atoms with E-state index in [0.717, 1.165) is 15.6 Å². The lowest BCUT2D eigenvalue weighted by Gasteiger charge is -1.96. The molecule has 0 aliphatic rings. The van der Waals surface area contributed by atoms with Gasteiger partial charge in [0.1, 0.15) is 10.9 Å². The fraction of sp³-hybridized carbons (Fsp3) is 0.286. The highest BCUT2D eigenvalue weighted by molar-refractivity contribution is 9.10. The molecule has 0 aliphatic heterocycles. The Labute approximate surface area is 93.3 Å². The van der Waals surface area contributed by atoms with Crippen LogP contribution in [0.25, 0.3) is 0 Å². The lowest BCUT2D eigenvalue weighted by atomic mass is 10.6. The summed E-state index contributed by atoms with van der Waals surface area (Å²) in [5, 5.41) is 10.1. The largest absolute Gasteiger partial charge is 0.354 e. The Morgan fingerprint density at radius 3 is 3.07 bits per heavy atom. The summed E-state index contributed by atoms with van der Waals surface area (Å²) in [7, 11) is 1.84. The molecule has 2 rings (SSSR count). The van der Waals surface area contributed by atoms with Crippen molar-refractivity contribution in [1.29, 1.82) is 0 Å². The van der Waals surface area contributed by atoms with Gasteiger partial charge >= 0.3 is 0 Å². The van der Waals surface area contributed by atoms with E-state index < -0.39 is 0 Å². The van der Waals surface area contributed by atoms with Crippen LogP contribution in [0.4, 0.5) is 5.13 Å². The fourth-order valence-corrected chi connectivity index (χ4v) is 2.10. The molecule has 2 aromatic rings. The van der Waals surface area contributed by atoms with Crippen molar-refractivity contribution >= 4 is 32.4 Å². The van der Waals surface area contributed by atoms with Gasteiger partial charge in [-0.3, -0.25) is 4.68 Å². The molecule has 0 saturated carbocycles. The molecule has 1 N–H and O–H groups in total. The summed E-state index contributed by atoms with van der Waals surface area (Å²) >= 11 is 4.83. The van der Waals surface area contributed by atoms with Gasteiger partial charge in [-0.25, -0.2) is 9.97 Å². The minimum absolute atomic E-state index is 0.598. The predicted molar refractivity (Wildman–Crippen MR) is 58.1 cm³/mol. The molecule has 0 aliphatic carbocycles. The van der Waals surface area contributed by atoms with Gasteiger partial charge in [0.25, 0.3) is 0 Å². The average molecular weight is 274 g/mol. The van der Waals surface area contributed by atoms with Gasteiger partial charge in [-0.2, -0.15) is 5.10 Å². The van der Waals surface area contributed by atoms with E-state index in [0.29, 0.717) is 6.54 Å². The number of hydrogen-bond acceptors (Lipinski definition) is 5.